The van der Waals surface area contributed by atoms with Crippen molar-refractivity contribution < 1.29 is 13.2 Å². The zero-order valence-corrected chi connectivity index (χ0v) is 17.1. The second kappa shape index (κ2) is 8.28. The van der Waals surface area contributed by atoms with E-state index in [0.29, 0.717) is 6.54 Å². The number of amides is 1. The number of carbonyl (C=O) groups excluding carboxylic acids is 1. The lowest BCUT2D eigenvalue weighted by atomic mass is 9.87. The molecule has 2 N–H and O–H groups in total. The van der Waals surface area contributed by atoms with Gasteiger partial charge in [-0.1, -0.05) is 32.9 Å². The first-order valence-corrected chi connectivity index (χ1v) is 10.7. The Morgan fingerprint density at radius 3 is 2.38 bits per heavy atom. The lowest BCUT2D eigenvalue weighted by molar-refractivity contribution is -0.121. The Morgan fingerprint density at radius 1 is 1.19 bits per heavy atom. The monoisotopic (exact) mass is 395 g/mol. The summed E-state index contributed by atoms with van der Waals surface area (Å²) in [4.78, 5) is 17.1. The van der Waals surface area contributed by atoms with E-state index in [1.807, 2.05) is 19.1 Å². The summed E-state index contributed by atoms with van der Waals surface area (Å²) in [7, 11) is -3.62. The molecule has 0 fully saturated rings. The fourth-order valence-electron chi connectivity index (χ4n) is 2.28. The second-order valence-electron chi connectivity index (χ2n) is 7.04. The zero-order chi connectivity index (χ0) is 19.4. The van der Waals surface area contributed by atoms with Crippen molar-refractivity contribution in [2.24, 2.45) is 0 Å². The van der Waals surface area contributed by atoms with E-state index in [1.54, 1.807) is 18.3 Å². The van der Waals surface area contributed by atoms with Crippen LogP contribution in [0.3, 0.4) is 0 Å². The van der Waals surface area contributed by atoms with Gasteiger partial charge in [0.05, 0.1) is 16.4 Å². The van der Waals surface area contributed by atoms with Crippen LogP contribution in [0.2, 0.25) is 0 Å². The van der Waals surface area contributed by atoms with Gasteiger partial charge < -0.3 is 5.32 Å². The summed E-state index contributed by atoms with van der Waals surface area (Å²) in [6.45, 7) is 8.57. The van der Waals surface area contributed by atoms with Crippen molar-refractivity contribution in [3.8, 4) is 0 Å². The van der Waals surface area contributed by atoms with Crippen molar-refractivity contribution >= 4 is 27.3 Å². The molecule has 1 heterocycles. The maximum Gasteiger partial charge on any atom is 0.240 e. The Morgan fingerprint density at radius 2 is 1.85 bits per heavy atom. The smallest absolute Gasteiger partial charge is 0.240 e. The molecule has 0 atom stereocenters. The Bertz CT molecular complexity index is 851. The Hall–Kier alpha value is -1.77. The number of sulfonamides is 1. The summed E-state index contributed by atoms with van der Waals surface area (Å²) in [5.41, 5.74) is 1.03. The highest BCUT2D eigenvalue weighted by Gasteiger charge is 2.17. The maximum atomic E-state index is 12.3. The first-order chi connectivity index (χ1) is 12.1. The number of thiazole rings is 1. The first kappa shape index (κ1) is 20.5. The number of hydrogen-bond acceptors (Lipinski definition) is 5. The molecule has 1 aromatic heterocycles. The SMILES string of the molecule is Cc1ncc(CNC(=O)CCNS(=O)(=O)c2ccc(C(C)(C)C)cc2)s1. The van der Waals surface area contributed by atoms with Crippen LogP contribution < -0.4 is 10.0 Å². The van der Waals surface area contributed by atoms with Crippen LogP contribution in [0.5, 0.6) is 0 Å². The molecular weight excluding hydrogens is 370 g/mol. The largest absolute Gasteiger partial charge is 0.351 e. The van der Waals surface area contributed by atoms with E-state index >= 15 is 0 Å². The molecule has 26 heavy (non-hydrogen) atoms. The molecule has 6 nitrogen and oxygen atoms in total. The van der Waals surface area contributed by atoms with Crippen LogP contribution in [0.15, 0.2) is 35.4 Å². The minimum absolute atomic E-state index is 0.0373. The molecule has 8 heteroatoms. The molecule has 0 aliphatic heterocycles. The highest BCUT2D eigenvalue weighted by Crippen LogP contribution is 2.23. The van der Waals surface area contributed by atoms with E-state index in [2.05, 4.69) is 35.8 Å². The van der Waals surface area contributed by atoms with Gasteiger partial charge in [-0.25, -0.2) is 18.1 Å². The molecule has 1 amide bonds. The van der Waals surface area contributed by atoms with Gasteiger partial charge in [0.15, 0.2) is 0 Å². The van der Waals surface area contributed by atoms with E-state index in [0.717, 1.165) is 15.4 Å². The van der Waals surface area contributed by atoms with Crippen molar-refractivity contribution in [3.05, 3.63) is 45.9 Å². The van der Waals surface area contributed by atoms with E-state index in [1.165, 1.54) is 11.3 Å². The fraction of sp³-hybridized carbons (Fsp3) is 0.444. The number of benzene rings is 1. The van der Waals surface area contributed by atoms with Crippen LogP contribution in [0.4, 0.5) is 0 Å². The fourth-order valence-corrected chi connectivity index (χ4v) is 4.04. The summed E-state index contributed by atoms with van der Waals surface area (Å²) in [5, 5.41) is 3.70. The van der Waals surface area contributed by atoms with Crippen LogP contribution in [-0.4, -0.2) is 25.9 Å². The average Bonchev–Trinajstić information content (AvgIpc) is 2.97. The molecule has 0 radical (unpaired) electrons. The predicted octanol–water partition coefficient (Wildman–Crippen LogP) is 2.73. The standard InChI is InChI=1S/C18H25N3O3S2/c1-13-19-11-15(25-13)12-20-17(22)9-10-21-26(23,24)16-7-5-14(6-8-16)18(2,3)4/h5-8,11,21H,9-10,12H2,1-4H3,(H,20,22). The molecule has 0 aliphatic carbocycles. The number of carbonyl (C=O) groups is 1. The Kier molecular flexibility index (Phi) is 6.54. The van der Waals surface area contributed by atoms with E-state index < -0.39 is 10.0 Å². The van der Waals surface area contributed by atoms with Crippen LogP contribution in [-0.2, 0) is 26.8 Å². The van der Waals surface area contributed by atoms with E-state index in [9.17, 15) is 13.2 Å². The van der Waals surface area contributed by atoms with Crippen LogP contribution in [0.1, 0.15) is 42.6 Å². The summed E-state index contributed by atoms with van der Waals surface area (Å²) < 4.78 is 27.1. The van der Waals surface area contributed by atoms with Gasteiger partial charge >= 0.3 is 0 Å². The Labute approximate surface area is 159 Å². The van der Waals surface area contributed by atoms with Gasteiger partial charge in [0, 0.05) is 24.0 Å². The van der Waals surface area contributed by atoms with Gasteiger partial charge in [0.25, 0.3) is 0 Å². The van der Waals surface area contributed by atoms with Crippen molar-refractivity contribution in [1.82, 2.24) is 15.0 Å². The van der Waals surface area contributed by atoms with Gasteiger partial charge in [-0.3, -0.25) is 4.79 Å². The lowest BCUT2D eigenvalue weighted by Crippen LogP contribution is -2.30. The third kappa shape index (κ3) is 5.89. The number of aryl methyl sites for hydroxylation is 1. The molecule has 0 aliphatic rings. The Balaban J connectivity index is 1.83. The average molecular weight is 396 g/mol. The van der Waals surface area contributed by atoms with Gasteiger partial charge in [-0.05, 0) is 30.0 Å². The highest BCUT2D eigenvalue weighted by molar-refractivity contribution is 7.89. The molecular formula is C18H25N3O3S2. The minimum atomic E-state index is -3.62. The maximum absolute atomic E-state index is 12.3. The normalized spacial score (nSPS) is 12.2. The van der Waals surface area contributed by atoms with Gasteiger partial charge in [-0.2, -0.15) is 0 Å². The van der Waals surface area contributed by atoms with Crippen molar-refractivity contribution in [3.63, 3.8) is 0 Å². The van der Waals surface area contributed by atoms with Gasteiger partial charge in [0.1, 0.15) is 0 Å². The van der Waals surface area contributed by atoms with Crippen molar-refractivity contribution in [2.75, 3.05) is 6.54 Å². The summed E-state index contributed by atoms with van der Waals surface area (Å²) >= 11 is 1.52. The topological polar surface area (TPSA) is 88.2 Å². The van der Waals surface area contributed by atoms with Crippen LogP contribution >= 0.6 is 11.3 Å². The third-order valence-electron chi connectivity index (χ3n) is 3.80. The van der Waals surface area contributed by atoms with Crippen LogP contribution in [0, 0.1) is 6.92 Å². The first-order valence-electron chi connectivity index (χ1n) is 8.36. The van der Waals surface area contributed by atoms with E-state index in [-0.39, 0.29) is 29.2 Å². The quantitative estimate of drug-likeness (QED) is 0.754. The highest BCUT2D eigenvalue weighted by atomic mass is 32.2. The molecule has 1 aromatic carbocycles. The molecule has 0 unspecified atom stereocenters. The summed E-state index contributed by atoms with van der Waals surface area (Å²) in [6, 6.07) is 6.82. The molecule has 0 spiro atoms. The molecule has 2 aromatic rings. The number of hydrogen-bond donors (Lipinski definition) is 2. The van der Waals surface area contributed by atoms with Gasteiger partial charge in [-0.15, -0.1) is 11.3 Å². The number of nitrogens with one attached hydrogen (secondary N) is 2. The van der Waals surface area contributed by atoms with Gasteiger partial charge in [0.2, 0.25) is 15.9 Å². The van der Waals surface area contributed by atoms with Crippen LogP contribution in [0.25, 0.3) is 0 Å². The van der Waals surface area contributed by atoms with E-state index in [4.69, 9.17) is 0 Å². The summed E-state index contributed by atoms with van der Waals surface area (Å²) in [5.74, 6) is -0.207. The van der Waals surface area contributed by atoms with Crippen molar-refractivity contribution in [2.45, 2.75) is 51.0 Å². The number of aromatic nitrogens is 1. The third-order valence-corrected chi connectivity index (χ3v) is 6.19. The summed E-state index contributed by atoms with van der Waals surface area (Å²) in [6.07, 6.45) is 1.81. The minimum Gasteiger partial charge on any atom is -0.351 e. The lowest BCUT2D eigenvalue weighted by Gasteiger charge is -2.19. The molecule has 0 saturated carbocycles. The molecule has 0 bridgehead atoms. The number of nitrogens with zero attached hydrogens (tertiary/aromatic N) is 1. The number of rotatable bonds is 7. The molecule has 142 valence electrons. The van der Waals surface area contributed by atoms with Crippen molar-refractivity contribution in [1.29, 1.82) is 0 Å². The second-order valence-corrected chi connectivity index (χ2v) is 10.1. The molecule has 0 saturated heterocycles. The molecule has 2 rings (SSSR count). The predicted molar refractivity (Wildman–Crippen MR) is 104 cm³/mol. The zero-order valence-electron chi connectivity index (χ0n) is 15.5.